The number of nitrogens with two attached hydrogens (primary N) is 1. The Hall–Kier alpha value is -3.70. The second-order valence-corrected chi connectivity index (χ2v) is 10.1. The summed E-state index contributed by atoms with van der Waals surface area (Å²) in [6.45, 7) is 0.419. The van der Waals surface area contributed by atoms with E-state index in [9.17, 15) is 9.90 Å². The van der Waals surface area contributed by atoms with E-state index < -0.39 is 12.3 Å². The van der Waals surface area contributed by atoms with Crippen molar-refractivity contribution in [2.75, 3.05) is 35.0 Å². The fourth-order valence-electron chi connectivity index (χ4n) is 4.25. The summed E-state index contributed by atoms with van der Waals surface area (Å²) in [5.41, 5.74) is 8.50. The van der Waals surface area contributed by atoms with Crippen LogP contribution in [0.1, 0.15) is 16.7 Å². The van der Waals surface area contributed by atoms with Crippen molar-refractivity contribution in [1.82, 2.24) is 10.6 Å². The maximum atomic E-state index is 12.7. The van der Waals surface area contributed by atoms with Crippen molar-refractivity contribution in [3.8, 4) is 23.0 Å². The molecule has 5 N–H and O–H groups in total. The summed E-state index contributed by atoms with van der Waals surface area (Å²) in [6, 6.07) is 15.1. The molecule has 0 heterocycles. The highest BCUT2D eigenvalue weighted by Crippen LogP contribution is 2.29. The van der Waals surface area contributed by atoms with E-state index in [1.807, 2.05) is 18.2 Å². The van der Waals surface area contributed by atoms with Crippen LogP contribution in [-0.4, -0.2) is 64.2 Å². The molecule has 0 aliphatic heterocycles. The van der Waals surface area contributed by atoms with E-state index in [1.54, 1.807) is 50.6 Å². The van der Waals surface area contributed by atoms with E-state index in [2.05, 4.69) is 15.6 Å². The Morgan fingerprint density at radius 2 is 1.48 bits per heavy atom. The lowest BCUT2D eigenvalue weighted by Crippen LogP contribution is -2.45. The third-order valence-corrected chi connectivity index (χ3v) is 7.00. The number of benzene rings is 3. The standard InChI is InChI=1S/C30H36Cl2N4O6/c1-39-24-9-5-18(13-26(24)41-3)11-12-34-29(38)23(16-20-7-8-21(31)17-22(20)32)35-30(33)36-28(37)15-19-6-10-25(40-2)27(14-19)42-4/h5-10,13-14,17,23,29,34,38H,11-12,15-16H2,1-4H3,(H3,33,35,36,37). The van der Waals surface area contributed by atoms with Crippen molar-refractivity contribution in [2.24, 2.45) is 10.7 Å². The summed E-state index contributed by atoms with van der Waals surface area (Å²) in [4.78, 5) is 17.2. The van der Waals surface area contributed by atoms with E-state index in [-0.39, 0.29) is 24.7 Å². The van der Waals surface area contributed by atoms with Gasteiger partial charge in [-0.2, -0.15) is 0 Å². The first-order valence-electron chi connectivity index (χ1n) is 13.1. The average Bonchev–Trinajstić information content (AvgIpc) is 2.97. The Labute approximate surface area is 255 Å². The maximum Gasteiger partial charge on any atom is 0.231 e. The molecule has 0 radical (unpaired) electrons. The summed E-state index contributed by atoms with van der Waals surface area (Å²) in [6.07, 6.45) is -0.269. The van der Waals surface area contributed by atoms with Crippen molar-refractivity contribution >= 4 is 35.1 Å². The topological polar surface area (TPSA) is 137 Å². The maximum absolute atomic E-state index is 12.7. The molecule has 2 atom stereocenters. The Bertz CT molecular complexity index is 1390. The first-order chi connectivity index (χ1) is 20.2. The van der Waals surface area contributed by atoms with Crippen LogP contribution in [0.4, 0.5) is 0 Å². The quantitative estimate of drug-likeness (QED) is 0.122. The molecule has 10 nitrogen and oxygen atoms in total. The van der Waals surface area contributed by atoms with Gasteiger partial charge in [-0.25, -0.2) is 4.99 Å². The van der Waals surface area contributed by atoms with Crippen molar-refractivity contribution in [1.29, 1.82) is 0 Å². The van der Waals surface area contributed by atoms with Gasteiger partial charge in [-0.15, -0.1) is 0 Å². The van der Waals surface area contributed by atoms with Gasteiger partial charge in [0.15, 0.2) is 29.0 Å². The highest BCUT2D eigenvalue weighted by Gasteiger charge is 2.21. The van der Waals surface area contributed by atoms with Gasteiger partial charge in [-0.3, -0.25) is 15.4 Å². The SMILES string of the molecule is COc1ccc(CCNC(O)C(Cc2ccc(Cl)cc2Cl)N=C(N)NC(=O)Cc2ccc(OC)c(OC)c2)cc1OC. The summed E-state index contributed by atoms with van der Waals surface area (Å²) in [5.74, 6) is 1.78. The van der Waals surface area contributed by atoms with Crippen LogP contribution in [0.15, 0.2) is 59.6 Å². The number of nitrogens with one attached hydrogen (secondary N) is 2. The van der Waals surface area contributed by atoms with E-state index in [4.69, 9.17) is 47.9 Å². The van der Waals surface area contributed by atoms with Crippen LogP contribution in [0.5, 0.6) is 23.0 Å². The van der Waals surface area contributed by atoms with Gasteiger partial charge in [-0.1, -0.05) is 41.4 Å². The molecule has 0 saturated heterocycles. The monoisotopic (exact) mass is 618 g/mol. The van der Waals surface area contributed by atoms with Crippen LogP contribution in [0.2, 0.25) is 10.0 Å². The van der Waals surface area contributed by atoms with Crippen molar-refractivity contribution in [3.63, 3.8) is 0 Å². The lowest BCUT2D eigenvalue weighted by Gasteiger charge is -2.22. The number of rotatable bonds is 14. The molecular weight excluding hydrogens is 583 g/mol. The first kappa shape index (κ1) is 32.8. The van der Waals surface area contributed by atoms with E-state index in [0.717, 1.165) is 5.56 Å². The molecule has 0 bridgehead atoms. The molecule has 3 aromatic rings. The number of hydrogen-bond acceptors (Lipinski definition) is 8. The number of amides is 1. The Morgan fingerprint density at radius 3 is 2.07 bits per heavy atom. The zero-order chi connectivity index (χ0) is 30.6. The molecule has 3 aromatic carbocycles. The average molecular weight is 620 g/mol. The Morgan fingerprint density at radius 1 is 0.881 bits per heavy atom. The van der Waals surface area contributed by atoms with Crippen LogP contribution in [0.3, 0.4) is 0 Å². The number of nitrogens with zero attached hydrogens (tertiary/aromatic N) is 1. The predicted octanol–water partition coefficient (Wildman–Crippen LogP) is 3.76. The van der Waals surface area contributed by atoms with Crippen molar-refractivity contribution in [2.45, 2.75) is 31.5 Å². The van der Waals surface area contributed by atoms with Gasteiger partial charge in [0.05, 0.1) is 40.9 Å². The number of aliphatic hydroxyl groups excluding tert-OH is 1. The number of halogens is 2. The Balaban J connectivity index is 1.71. The second kappa shape index (κ2) is 16.1. The summed E-state index contributed by atoms with van der Waals surface area (Å²) in [5, 5.41) is 17.7. The number of hydrogen-bond donors (Lipinski definition) is 4. The number of aliphatic imine (C=N–C) groups is 1. The number of carbonyl (C=O) groups is 1. The molecule has 0 fully saturated rings. The molecule has 12 heteroatoms. The molecule has 226 valence electrons. The van der Waals surface area contributed by atoms with Crippen LogP contribution in [0, 0.1) is 0 Å². The molecule has 0 aliphatic carbocycles. The Kier molecular flexibility index (Phi) is 12.6. The van der Waals surface area contributed by atoms with Crippen molar-refractivity contribution < 1.29 is 28.8 Å². The molecule has 2 unspecified atom stereocenters. The number of methoxy groups -OCH3 is 4. The third kappa shape index (κ3) is 9.42. The van der Waals surface area contributed by atoms with Gasteiger partial charge in [0, 0.05) is 23.0 Å². The van der Waals surface area contributed by atoms with Gasteiger partial charge in [0.25, 0.3) is 0 Å². The molecule has 1 amide bonds. The summed E-state index contributed by atoms with van der Waals surface area (Å²) in [7, 11) is 6.21. The lowest BCUT2D eigenvalue weighted by atomic mass is 10.0. The zero-order valence-corrected chi connectivity index (χ0v) is 25.5. The van der Waals surface area contributed by atoms with Crippen LogP contribution < -0.4 is 35.3 Å². The predicted molar refractivity (Wildman–Crippen MR) is 164 cm³/mol. The normalized spacial score (nSPS) is 12.8. The van der Waals surface area contributed by atoms with Crippen molar-refractivity contribution in [3.05, 3.63) is 81.3 Å². The fourth-order valence-corrected chi connectivity index (χ4v) is 4.74. The highest BCUT2D eigenvalue weighted by atomic mass is 35.5. The van der Waals surface area contributed by atoms with Crippen LogP contribution >= 0.6 is 23.2 Å². The fraction of sp³-hybridized carbons (Fsp3) is 0.333. The minimum atomic E-state index is -1.11. The van der Waals surface area contributed by atoms with Gasteiger partial charge in [0.1, 0.15) is 6.23 Å². The van der Waals surface area contributed by atoms with Gasteiger partial charge >= 0.3 is 0 Å². The molecule has 0 saturated carbocycles. The minimum absolute atomic E-state index is 0.0242. The second-order valence-electron chi connectivity index (χ2n) is 9.27. The van der Waals surface area contributed by atoms with Crippen LogP contribution in [-0.2, 0) is 24.1 Å². The summed E-state index contributed by atoms with van der Waals surface area (Å²) < 4.78 is 21.2. The smallest absolute Gasteiger partial charge is 0.231 e. The van der Waals surface area contributed by atoms with Gasteiger partial charge < -0.3 is 29.8 Å². The lowest BCUT2D eigenvalue weighted by molar-refractivity contribution is -0.119. The number of ether oxygens (including phenoxy) is 4. The molecule has 42 heavy (non-hydrogen) atoms. The van der Waals surface area contributed by atoms with Gasteiger partial charge in [-0.05, 0) is 59.5 Å². The van der Waals surface area contributed by atoms with E-state index in [1.165, 1.54) is 14.2 Å². The van der Waals surface area contributed by atoms with Crippen LogP contribution in [0.25, 0.3) is 0 Å². The highest BCUT2D eigenvalue weighted by molar-refractivity contribution is 6.35. The molecule has 0 spiro atoms. The van der Waals surface area contributed by atoms with E-state index >= 15 is 0 Å². The molecule has 0 aromatic heterocycles. The minimum Gasteiger partial charge on any atom is -0.493 e. The first-order valence-corrected chi connectivity index (χ1v) is 13.8. The van der Waals surface area contributed by atoms with Gasteiger partial charge in [0.2, 0.25) is 5.91 Å². The largest absolute Gasteiger partial charge is 0.493 e. The molecule has 3 rings (SSSR count). The van der Waals surface area contributed by atoms with E-state index in [0.29, 0.717) is 57.1 Å². The number of carbonyl (C=O) groups excluding carboxylic acids is 1. The third-order valence-electron chi connectivity index (χ3n) is 6.41. The molecular formula is C30H36Cl2N4O6. The molecule has 0 aliphatic rings. The number of aliphatic hydroxyl groups is 1. The number of guanidine groups is 1. The zero-order valence-electron chi connectivity index (χ0n) is 23.9. The summed E-state index contributed by atoms with van der Waals surface area (Å²) >= 11 is 12.5.